The Balaban J connectivity index is 2.40. The number of rotatable bonds is 4. The summed E-state index contributed by atoms with van der Waals surface area (Å²) in [6.45, 7) is 6.65. The zero-order valence-electron chi connectivity index (χ0n) is 10.9. The Morgan fingerprint density at radius 2 is 1.88 bits per heavy atom. The number of hydrogen-bond acceptors (Lipinski definition) is 2. The lowest BCUT2D eigenvalue weighted by Crippen LogP contribution is -2.42. The monoisotopic (exact) mass is 222 g/mol. The lowest BCUT2D eigenvalue weighted by molar-refractivity contribution is 0.186. The highest BCUT2D eigenvalue weighted by Crippen LogP contribution is 2.23. The van der Waals surface area contributed by atoms with Gasteiger partial charge in [-0.1, -0.05) is 31.2 Å². The molecule has 1 aliphatic rings. The van der Waals surface area contributed by atoms with Crippen LogP contribution in [0.4, 0.5) is 0 Å². The quantitative estimate of drug-likeness (QED) is 0.740. The largest absolute Gasteiger partial charge is 0.327 e. The van der Waals surface area contributed by atoms with Crippen molar-refractivity contribution < 1.29 is 0 Å². The highest BCUT2D eigenvalue weighted by Gasteiger charge is 2.25. The van der Waals surface area contributed by atoms with Crippen LogP contribution in [0.1, 0.15) is 26.7 Å². The third kappa shape index (κ3) is 4.11. The standard InChI is InChI=1S/C14H26N2/c1-4-5-6-7-12(2)14(15)13-8-10-16(3)11-9-13/h4-7,12-14H,8-11,15H2,1-3H3/b5-4-,7-6-. The summed E-state index contributed by atoms with van der Waals surface area (Å²) in [7, 11) is 2.19. The van der Waals surface area contributed by atoms with E-state index in [-0.39, 0.29) is 0 Å². The second-order valence-electron chi connectivity index (χ2n) is 4.99. The van der Waals surface area contributed by atoms with E-state index in [1.165, 1.54) is 25.9 Å². The summed E-state index contributed by atoms with van der Waals surface area (Å²) in [5, 5.41) is 0. The molecule has 1 saturated heterocycles. The summed E-state index contributed by atoms with van der Waals surface area (Å²) in [6, 6.07) is 0.315. The molecule has 1 fully saturated rings. The highest BCUT2D eigenvalue weighted by molar-refractivity contribution is 5.04. The van der Waals surface area contributed by atoms with Crippen LogP contribution >= 0.6 is 0 Å². The maximum Gasteiger partial charge on any atom is 0.0129 e. The summed E-state index contributed by atoms with van der Waals surface area (Å²) < 4.78 is 0. The molecule has 16 heavy (non-hydrogen) atoms. The predicted octanol–water partition coefficient (Wildman–Crippen LogP) is 2.42. The fraction of sp³-hybridized carbons (Fsp3) is 0.714. The number of hydrogen-bond donors (Lipinski definition) is 1. The Kier molecular flexibility index (Phi) is 5.78. The van der Waals surface area contributed by atoms with Gasteiger partial charge in [0.05, 0.1) is 0 Å². The molecule has 2 atom stereocenters. The molecule has 1 heterocycles. The number of nitrogens with zero attached hydrogens (tertiary/aromatic N) is 1. The molecule has 1 rings (SSSR count). The third-order valence-corrected chi connectivity index (χ3v) is 3.63. The van der Waals surface area contributed by atoms with Crippen LogP contribution in [0.25, 0.3) is 0 Å². The van der Waals surface area contributed by atoms with E-state index in [2.05, 4.69) is 37.1 Å². The third-order valence-electron chi connectivity index (χ3n) is 3.63. The summed E-state index contributed by atoms with van der Waals surface area (Å²) in [4.78, 5) is 2.39. The van der Waals surface area contributed by atoms with Gasteiger partial charge in [-0.2, -0.15) is 0 Å². The van der Waals surface area contributed by atoms with E-state index >= 15 is 0 Å². The lowest BCUT2D eigenvalue weighted by Gasteiger charge is -2.34. The van der Waals surface area contributed by atoms with Gasteiger partial charge in [-0.25, -0.2) is 0 Å². The topological polar surface area (TPSA) is 29.3 Å². The molecule has 0 saturated carbocycles. The van der Waals surface area contributed by atoms with Crippen LogP contribution in [-0.4, -0.2) is 31.1 Å². The van der Waals surface area contributed by atoms with Crippen molar-refractivity contribution in [2.75, 3.05) is 20.1 Å². The Morgan fingerprint density at radius 3 is 2.44 bits per heavy atom. The average Bonchev–Trinajstić information content (AvgIpc) is 2.29. The van der Waals surface area contributed by atoms with Gasteiger partial charge in [-0.15, -0.1) is 0 Å². The van der Waals surface area contributed by atoms with Crippen LogP contribution in [0, 0.1) is 11.8 Å². The zero-order chi connectivity index (χ0) is 12.0. The molecule has 0 aromatic heterocycles. The van der Waals surface area contributed by atoms with Crippen molar-refractivity contribution in [3.63, 3.8) is 0 Å². The summed E-state index contributed by atoms with van der Waals surface area (Å²) in [6.07, 6.45) is 10.9. The number of nitrogens with two attached hydrogens (primary N) is 1. The summed E-state index contributed by atoms with van der Waals surface area (Å²) in [5.41, 5.74) is 6.33. The molecule has 2 heteroatoms. The van der Waals surface area contributed by atoms with Crippen molar-refractivity contribution in [3.8, 4) is 0 Å². The van der Waals surface area contributed by atoms with Gasteiger partial charge < -0.3 is 10.6 Å². The van der Waals surface area contributed by atoms with E-state index in [1.807, 2.05) is 13.0 Å². The minimum absolute atomic E-state index is 0.315. The molecule has 0 aromatic carbocycles. The SMILES string of the molecule is C/C=C\C=C/C(C)C(N)C1CCN(C)CC1. The first kappa shape index (κ1) is 13.5. The van der Waals surface area contributed by atoms with E-state index in [4.69, 9.17) is 5.73 Å². The minimum Gasteiger partial charge on any atom is -0.327 e. The van der Waals surface area contributed by atoms with Crippen LogP contribution in [0.15, 0.2) is 24.3 Å². The number of piperidine rings is 1. The van der Waals surface area contributed by atoms with Crippen molar-refractivity contribution in [1.29, 1.82) is 0 Å². The van der Waals surface area contributed by atoms with Crippen molar-refractivity contribution >= 4 is 0 Å². The Morgan fingerprint density at radius 1 is 1.25 bits per heavy atom. The first-order valence-corrected chi connectivity index (χ1v) is 6.38. The maximum absolute atomic E-state index is 6.33. The van der Waals surface area contributed by atoms with Crippen LogP contribution < -0.4 is 5.73 Å². The molecule has 0 spiro atoms. The molecular weight excluding hydrogens is 196 g/mol. The van der Waals surface area contributed by atoms with Crippen LogP contribution in [0.2, 0.25) is 0 Å². The number of allylic oxidation sites excluding steroid dienone is 3. The van der Waals surface area contributed by atoms with Gasteiger partial charge in [0.1, 0.15) is 0 Å². The van der Waals surface area contributed by atoms with Gasteiger partial charge in [0.25, 0.3) is 0 Å². The van der Waals surface area contributed by atoms with Crippen molar-refractivity contribution in [2.24, 2.45) is 17.6 Å². The zero-order valence-corrected chi connectivity index (χ0v) is 10.9. The van der Waals surface area contributed by atoms with Gasteiger partial charge in [-0.05, 0) is 51.7 Å². The van der Waals surface area contributed by atoms with E-state index < -0.39 is 0 Å². The smallest absolute Gasteiger partial charge is 0.0129 e. The molecule has 1 aliphatic heterocycles. The van der Waals surface area contributed by atoms with E-state index in [0.29, 0.717) is 17.9 Å². The molecule has 0 aromatic rings. The molecule has 0 aliphatic carbocycles. The highest BCUT2D eigenvalue weighted by atomic mass is 15.1. The molecule has 2 unspecified atom stereocenters. The van der Waals surface area contributed by atoms with Gasteiger partial charge in [0.15, 0.2) is 0 Å². The fourth-order valence-corrected chi connectivity index (χ4v) is 2.32. The predicted molar refractivity (Wildman–Crippen MR) is 71.3 cm³/mol. The first-order chi connectivity index (χ1) is 7.65. The van der Waals surface area contributed by atoms with Gasteiger partial charge in [0, 0.05) is 6.04 Å². The van der Waals surface area contributed by atoms with Gasteiger partial charge in [-0.3, -0.25) is 0 Å². The normalized spacial score (nSPS) is 24.2. The Hall–Kier alpha value is -0.600. The van der Waals surface area contributed by atoms with E-state index in [1.54, 1.807) is 0 Å². The van der Waals surface area contributed by atoms with Crippen LogP contribution in [0.3, 0.4) is 0 Å². The second kappa shape index (κ2) is 6.87. The molecule has 2 nitrogen and oxygen atoms in total. The summed E-state index contributed by atoms with van der Waals surface area (Å²) >= 11 is 0. The molecule has 0 bridgehead atoms. The molecule has 92 valence electrons. The van der Waals surface area contributed by atoms with Crippen LogP contribution in [-0.2, 0) is 0 Å². The Labute approximate surface area is 100 Å². The fourth-order valence-electron chi connectivity index (χ4n) is 2.32. The van der Waals surface area contributed by atoms with Crippen molar-refractivity contribution in [2.45, 2.75) is 32.7 Å². The second-order valence-corrected chi connectivity index (χ2v) is 4.99. The molecular formula is C14H26N2. The van der Waals surface area contributed by atoms with Gasteiger partial charge in [0.2, 0.25) is 0 Å². The maximum atomic E-state index is 6.33. The van der Waals surface area contributed by atoms with Crippen molar-refractivity contribution in [3.05, 3.63) is 24.3 Å². The molecule has 0 radical (unpaired) electrons. The summed E-state index contributed by atoms with van der Waals surface area (Å²) in [5.74, 6) is 1.17. The first-order valence-electron chi connectivity index (χ1n) is 6.38. The minimum atomic E-state index is 0.315. The lowest BCUT2D eigenvalue weighted by atomic mass is 9.83. The van der Waals surface area contributed by atoms with Crippen LogP contribution in [0.5, 0.6) is 0 Å². The average molecular weight is 222 g/mol. The van der Waals surface area contributed by atoms with Gasteiger partial charge >= 0.3 is 0 Å². The Bertz CT molecular complexity index is 237. The number of likely N-dealkylation sites (tertiary alicyclic amines) is 1. The van der Waals surface area contributed by atoms with E-state index in [9.17, 15) is 0 Å². The van der Waals surface area contributed by atoms with E-state index in [0.717, 1.165) is 0 Å². The molecule has 0 amide bonds. The molecule has 2 N–H and O–H groups in total. The van der Waals surface area contributed by atoms with Crippen molar-refractivity contribution in [1.82, 2.24) is 4.90 Å².